The lowest BCUT2D eigenvalue weighted by Crippen LogP contribution is -2.04. The van der Waals surface area contributed by atoms with Crippen molar-refractivity contribution in [3.63, 3.8) is 0 Å². The van der Waals surface area contributed by atoms with Crippen molar-refractivity contribution in [2.45, 2.75) is 6.54 Å². The summed E-state index contributed by atoms with van der Waals surface area (Å²) >= 11 is 0. The van der Waals surface area contributed by atoms with Crippen molar-refractivity contribution in [1.82, 2.24) is 24.5 Å². The molecule has 0 amide bonds. The van der Waals surface area contributed by atoms with Gasteiger partial charge >= 0.3 is 0 Å². The Labute approximate surface area is 162 Å². The number of imidazole rings is 1. The minimum absolute atomic E-state index is 0.661. The van der Waals surface area contributed by atoms with Crippen LogP contribution in [-0.4, -0.2) is 24.5 Å². The minimum atomic E-state index is 0.661. The van der Waals surface area contributed by atoms with Crippen LogP contribution in [-0.2, 0) is 6.54 Å². The first kappa shape index (κ1) is 16.3. The topological polar surface area (TPSA) is 56.5 Å². The van der Waals surface area contributed by atoms with Crippen LogP contribution in [0.4, 0.5) is 0 Å². The molecule has 0 radical (unpaired) electrons. The standard InChI is InChI=1S/C23H17N5/c1-3-9-17(10-4-1)15-28-22(19-13-7-8-14-24-19)27-21-20(25-16-26-23(21)28)18-11-5-2-6-12-18/h1-14,16H,15H2. The SMILES string of the molecule is c1ccc(Cn2c(-c3ccccn3)nc3c(-c4ccccc4)ncnc32)cc1. The number of benzene rings is 2. The Balaban J connectivity index is 1.76. The van der Waals surface area contributed by atoms with E-state index in [9.17, 15) is 0 Å². The summed E-state index contributed by atoms with van der Waals surface area (Å²) in [4.78, 5) is 18.5. The molecule has 134 valence electrons. The van der Waals surface area contributed by atoms with Gasteiger partial charge in [-0.3, -0.25) is 4.98 Å². The van der Waals surface area contributed by atoms with Crippen molar-refractivity contribution >= 4 is 11.2 Å². The fourth-order valence-electron chi connectivity index (χ4n) is 3.35. The molecule has 0 aliphatic heterocycles. The van der Waals surface area contributed by atoms with Crippen LogP contribution in [0.2, 0.25) is 0 Å². The Kier molecular flexibility index (Phi) is 4.10. The van der Waals surface area contributed by atoms with Crippen LogP contribution in [0.25, 0.3) is 33.9 Å². The van der Waals surface area contributed by atoms with Crippen LogP contribution in [0, 0.1) is 0 Å². The predicted molar refractivity (Wildman–Crippen MR) is 110 cm³/mol. The third-order valence-corrected chi connectivity index (χ3v) is 4.66. The summed E-state index contributed by atoms with van der Waals surface area (Å²) in [5.41, 5.74) is 5.43. The van der Waals surface area contributed by atoms with Gasteiger partial charge in [0.25, 0.3) is 0 Å². The van der Waals surface area contributed by atoms with Gasteiger partial charge in [-0.1, -0.05) is 66.7 Å². The van der Waals surface area contributed by atoms with E-state index in [-0.39, 0.29) is 0 Å². The van der Waals surface area contributed by atoms with Gasteiger partial charge in [-0.15, -0.1) is 0 Å². The van der Waals surface area contributed by atoms with Gasteiger partial charge < -0.3 is 4.57 Å². The van der Waals surface area contributed by atoms with E-state index in [4.69, 9.17) is 4.98 Å². The molecule has 5 nitrogen and oxygen atoms in total. The molecule has 5 heteroatoms. The van der Waals surface area contributed by atoms with Gasteiger partial charge in [-0.25, -0.2) is 15.0 Å². The highest BCUT2D eigenvalue weighted by atomic mass is 15.2. The fourth-order valence-corrected chi connectivity index (χ4v) is 3.35. The molecule has 0 unspecified atom stereocenters. The molecule has 0 N–H and O–H groups in total. The number of hydrogen-bond donors (Lipinski definition) is 0. The molecule has 28 heavy (non-hydrogen) atoms. The molecule has 5 aromatic rings. The molecule has 0 saturated heterocycles. The van der Waals surface area contributed by atoms with Crippen molar-refractivity contribution < 1.29 is 0 Å². The van der Waals surface area contributed by atoms with Gasteiger partial charge in [-0.2, -0.15) is 0 Å². The molecular weight excluding hydrogens is 346 g/mol. The summed E-state index contributed by atoms with van der Waals surface area (Å²) in [6, 6.07) is 26.2. The van der Waals surface area contributed by atoms with Gasteiger partial charge in [-0.05, 0) is 17.7 Å². The molecule has 3 heterocycles. The maximum atomic E-state index is 4.93. The van der Waals surface area contributed by atoms with Crippen LogP contribution >= 0.6 is 0 Å². The summed E-state index contributed by atoms with van der Waals surface area (Å²) in [5.74, 6) is 0.789. The van der Waals surface area contributed by atoms with Crippen molar-refractivity contribution in [1.29, 1.82) is 0 Å². The maximum Gasteiger partial charge on any atom is 0.164 e. The lowest BCUT2D eigenvalue weighted by Gasteiger charge is -2.08. The second kappa shape index (κ2) is 7.04. The average Bonchev–Trinajstić information content (AvgIpc) is 3.14. The first-order valence-corrected chi connectivity index (χ1v) is 9.12. The van der Waals surface area contributed by atoms with Crippen LogP contribution in [0.1, 0.15) is 5.56 Å². The van der Waals surface area contributed by atoms with E-state index in [2.05, 4.69) is 31.7 Å². The molecule has 0 saturated carbocycles. The summed E-state index contributed by atoms with van der Waals surface area (Å²) in [5, 5.41) is 0. The lowest BCUT2D eigenvalue weighted by atomic mass is 10.1. The van der Waals surface area contributed by atoms with Crippen molar-refractivity contribution in [2.24, 2.45) is 0 Å². The van der Waals surface area contributed by atoms with E-state index < -0.39 is 0 Å². The zero-order valence-electron chi connectivity index (χ0n) is 15.1. The first-order valence-electron chi connectivity index (χ1n) is 9.12. The molecule has 0 fully saturated rings. The molecule has 0 spiro atoms. The molecule has 3 aromatic heterocycles. The monoisotopic (exact) mass is 363 g/mol. The van der Waals surface area contributed by atoms with E-state index in [0.29, 0.717) is 6.54 Å². The Morgan fingerprint density at radius 3 is 2.21 bits per heavy atom. The second-order valence-corrected chi connectivity index (χ2v) is 6.48. The zero-order chi connectivity index (χ0) is 18.8. The third-order valence-electron chi connectivity index (χ3n) is 4.66. The number of pyridine rings is 1. The predicted octanol–water partition coefficient (Wildman–Crippen LogP) is 4.60. The first-order chi connectivity index (χ1) is 13.9. The highest BCUT2D eigenvalue weighted by molar-refractivity contribution is 5.89. The molecule has 0 aliphatic rings. The Hall–Kier alpha value is -3.86. The molecule has 0 aliphatic carbocycles. The van der Waals surface area contributed by atoms with Gasteiger partial charge in [0.15, 0.2) is 11.5 Å². The number of nitrogens with zero attached hydrogens (tertiary/aromatic N) is 5. The minimum Gasteiger partial charge on any atom is -0.303 e. The largest absolute Gasteiger partial charge is 0.303 e. The quantitative estimate of drug-likeness (QED) is 0.468. The van der Waals surface area contributed by atoms with Crippen LogP contribution < -0.4 is 0 Å². The van der Waals surface area contributed by atoms with E-state index in [1.165, 1.54) is 5.56 Å². The number of fused-ring (bicyclic) bond motifs is 1. The molecule has 0 atom stereocenters. The molecule has 0 bridgehead atoms. The molecule has 5 rings (SSSR count). The third kappa shape index (κ3) is 2.93. The summed E-state index contributed by atoms with van der Waals surface area (Å²) in [6.07, 6.45) is 3.39. The number of aromatic nitrogens is 5. The second-order valence-electron chi connectivity index (χ2n) is 6.48. The number of hydrogen-bond acceptors (Lipinski definition) is 4. The smallest absolute Gasteiger partial charge is 0.164 e. The van der Waals surface area contributed by atoms with Gasteiger partial charge in [0.2, 0.25) is 0 Å². The molecular formula is C23H17N5. The van der Waals surface area contributed by atoms with Gasteiger partial charge in [0.1, 0.15) is 23.2 Å². The van der Waals surface area contributed by atoms with Gasteiger partial charge in [0.05, 0.1) is 6.54 Å². The zero-order valence-corrected chi connectivity index (χ0v) is 15.1. The fraction of sp³-hybridized carbons (Fsp3) is 0.0435. The van der Waals surface area contributed by atoms with E-state index in [1.807, 2.05) is 66.7 Å². The number of rotatable bonds is 4. The van der Waals surface area contributed by atoms with Crippen LogP contribution in [0.5, 0.6) is 0 Å². The van der Waals surface area contributed by atoms with E-state index in [0.717, 1.165) is 33.9 Å². The Morgan fingerprint density at radius 2 is 1.46 bits per heavy atom. The average molecular weight is 363 g/mol. The van der Waals surface area contributed by atoms with Crippen molar-refractivity contribution in [2.75, 3.05) is 0 Å². The highest BCUT2D eigenvalue weighted by Gasteiger charge is 2.18. The van der Waals surface area contributed by atoms with Gasteiger partial charge in [0, 0.05) is 11.8 Å². The van der Waals surface area contributed by atoms with Crippen LogP contribution in [0.3, 0.4) is 0 Å². The van der Waals surface area contributed by atoms with E-state index >= 15 is 0 Å². The van der Waals surface area contributed by atoms with Crippen molar-refractivity contribution in [3.8, 4) is 22.8 Å². The Bertz CT molecular complexity index is 1220. The highest BCUT2D eigenvalue weighted by Crippen LogP contribution is 2.29. The Morgan fingerprint density at radius 1 is 0.714 bits per heavy atom. The lowest BCUT2D eigenvalue weighted by molar-refractivity contribution is 0.819. The summed E-state index contributed by atoms with van der Waals surface area (Å²) < 4.78 is 2.11. The van der Waals surface area contributed by atoms with Crippen molar-refractivity contribution in [3.05, 3.63) is 97.0 Å². The van der Waals surface area contributed by atoms with Crippen LogP contribution in [0.15, 0.2) is 91.4 Å². The summed E-state index contributed by atoms with van der Waals surface area (Å²) in [7, 11) is 0. The van der Waals surface area contributed by atoms with E-state index in [1.54, 1.807) is 12.5 Å². The molecule has 2 aromatic carbocycles. The normalized spacial score (nSPS) is 11.0. The summed E-state index contributed by atoms with van der Waals surface area (Å²) in [6.45, 7) is 0.661. The maximum absolute atomic E-state index is 4.93.